The molecular formula is C38H38S4. The van der Waals surface area contributed by atoms with Crippen molar-refractivity contribution < 1.29 is 0 Å². The summed E-state index contributed by atoms with van der Waals surface area (Å²) in [6.45, 7) is 0. The maximum absolute atomic E-state index is 2.47. The van der Waals surface area contributed by atoms with Gasteiger partial charge in [-0.25, -0.2) is 0 Å². The molecule has 0 fully saturated rings. The van der Waals surface area contributed by atoms with Crippen LogP contribution in [-0.4, -0.2) is 23.0 Å². The van der Waals surface area contributed by atoms with Gasteiger partial charge in [-0.05, 0) is 44.5 Å². The second-order valence-corrected chi connectivity index (χ2v) is 15.4. The van der Waals surface area contributed by atoms with Crippen LogP contribution < -0.4 is 0 Å². The van der Waals surface area contributed by atoms with Crippen molar-refractivity contribution in [1.29, 1.82) is 0 Å². The minimum Gasteiger partial charge on any atom is -0.156 e. The van der Waals surface area contributed by atoms with Crippen molar-refractivity contribution in [3.63, 3.8) is 0 Å². The minimum absolute atomic E-state index is 0.215. The van der Waals surface area contributed by atoms with E-state index in [1.165, 1.54) is 67.5 Å². The van der Waals surface area contributed by atoms with Crippen molar-refractivity contribution in [2.24, 2.45) is 0 Å². The van der Waals surface area contributed by atoms with Crippen LogP contribution >= 0.6 is 47.0 Å². The summed E-state index contributed by atoms with van der Waals surface area (Å²) in [4.78, 5) is 0. The van der Waals surface area contributed by atoms with E-state index in [4.69, 9.17) is 0 Å². The van der Waals surface area contributed by atoms with E-state index in [1.807, 2.05) is 23.5 Å². The molecule has 0 N–H and O–H groups in total. The van der Waals surface area contributed by atoms with Gasteiger partial charge in [0.15, 0.2) is 0 Å². The van der Waals surface area contributed by atoms with Crippen molar-refractivity contribution in [3.05, 3.63) is 154 Å². The highest BCUT2D eigenvalue weighted by Gasteiger charge is 2.22. The van der Waals surface area contributed by atoms with Gasteiger partial charge in [0.1, 0.15) is 0 Å². The molecule has 0 saturated heterocycles. The van der Waals surface area contributed by atoms with Crippen molar-refractivity contribution in [2.45, 2.75) is 34.8 Å². The maximum Gasteiger partial charge on any atom is 0.0185 e. The molecule has 0 unspecified atom stereocenters. The largest absolute Gasteiger partial charge is 0.156 e. The molecule has 0 amide bonds. The lowest BCUT2D eigenvalue weighted by molar-refractivity contribution is 0.741. The van der Waals surface area contributed by atoms with Gasteiger partial charge in [-0.1, -0.05) is 121 Å². The summed E-state index contributed by atoms with van der Waals surface area (Å²) >= 11 is 8.20. The molecule has 0 nitrogen and oxygen atoms in total. The summed E-state index contributed by atoms with van der Waals surface area (Å²) in [5, 5.41) is 0. The van der Waals surface area contributed by atoms with Crippen LogP contribution in [0.2, 0.25) is 0 Å². The van der Waals surface area contributed by atoms with Gasteiger partial charge in [-0.3, -0.25) is 0 Å². The molecule has 2 atom stereocenters. The van der Waals surface area contributed by atoms with Crippen LogP contribution in [0, 0.1) is 0 Å². The average Bonchev–Trinajstić information content (AvgIpc) is 3.02. The monoisotopic (exact) mass is 622 g/mol. The SMILES string of the molecule is C1=C/[C@H]2c3cccc(c3)CSCCSCc3cccc(c3)/C=C/[C@H]2c2cccc(c2)CSCCSCc2cccc/1c2. The molecule has 0 aliphatic carbocycles. The Morgan fingerprint density at radius 3 is 1.17 bits per heavy atom. The molecule has 0 radical (unpaired) electrons. The van der Waals surface area contributed by atoms with Gasteiger partial charge in [-0.15, -0.1) is 0 Å². The average molecular weight is 623 g/mol. The molecular weight excluding hydrogens is 585 g/mol. The number of allylic oxidation sites excluding steroid dienone is 2. The Labute approximate surface area is 269 Å². The second-order valence-electron chi connectivity index (χ2n) is 11.0. The highest BCUT2D eigenvalue weighted by Crippen LogP contribution is 2.38. The van der Waals surface area contributed by atoms with Crippen LogP contribution in [0.1, 0.15) is 56.3 Å². The van der Waals surface area contributed by atoms with Crippen LogP contribution in [0.5, 0.6) is 0 Å². The highest BCUT2D eigenvalue weighted by atomic mass is 32.2. The van der Waals surface area contributed by atoms with Crippen LogP contribution in [0.4, 0.5) is 0 Å². The quantitative estimate of drug-likeness (QED) is 0.191. The second kappa shape index (κ2) is 15.5. The van der Waals surface area contributed by atoms with E-state index in [0.29, 0.717) is 0 Å². The molecule has 6 rings (SSSR count). The lowest BCUT2D eigenvalue weighted by Gasteiger charge is -2.25. The third-order valence-electron chi connectivity index (χ3n) is 7.77. The fourth-order valence-electron chi connectivity index (χ4n) is 5.66. The lowest BCUT2D eigenvalue weighted by Crippen LogP contribution is -2.09. The topological polar surface area (TPSA) is 0 Å². The van der Waals surface area contributed by atoms with E-state index in [1.54, 1.807) is 0 Å². The first-order valence-electron chi connectivity index (χ1n) is 14.8. The predicted octanol–water partition coefficient (Wildman–Crippen LogP) is 10.9. The summed E-state index contributed by atoms with van der Waals surface area (Å²) in [6.07, 6.45) is 9.67. The molecule has 0 aromatic heterocycles. The van der Waals surface area contributed by atoms with Gasteiger partial charge in [-0.2, -0.15) is 47.0 Å². The van der Waals surface area contributed by atoms with Gasteiger partial charge in [0.05, 0.1) is 0 Å². The number of benzene rings is 4. The fraction of sp³-hybridized carbons (Fsp3) is 0.263. The van der Waals surface area contributed by atoms with Crippen molar-refractivity contribution >= 4 is 59.2 Å². The normalized spacial score (nSPS) is 21.5. The third-order valence-corrected chi connectivity index (χ3v) is 12.4. The van der Waals surface area contributed by atoms with Gasteiger partial charge in [0, 0.05) is 57.9 Å². The van der Waals surface area contributed by atoms with E-state index >= 15 is 0 Å². The number of rotatable bonds is 0. The molecule has 214 valence electrons. The standard InChI is InChI=1S/C38H38S4/c1-5-29-13-15-37-35-11-3-9-33(23-35)28-42-20-18-40-26-32-8-2-6-30(22-32)14-16-38(37)36-12-4-10-34(24-36)27-41-19-17-39-25-31(7-1)21-29/h1-16,21-24,37-38H,17-20,25-28H2/b15-13+,16-14+/t37-,38-/m0/s1. The van der Waals surface area contributed by atoms with Crippen LogP contribution in [0.15, 0.2) is 109 Å². The van der Waals surface area contributed by atoms with E-state index in [2.05, 4.69) is 145 Å². The fourth-order valence-corrected chi connectivity index (χ4v) is 9.78. The van der Waals surface area contributed by atoms with E-state index in [-0.39, 0.29) is 11.8 Å². The van der Waals surface area contributed by atoms with E-state index in [0.717, 1.165) is 23.0 Å². The Bertz CT molecular complexity index is 1410. The zero-order valence-corrected chi connectivity index (χ0v) is 27.3. The van der Waals surface area contributed by atoms with Crippen molar-refractivity contribution in [3.8, 4) is 0 Å². The van der Waals surface area contributed by atoms with Crippen LogP contribution in [0.3, 0.4) is 0 Å². The number of hydrogen-bond acceptors (Lipinski definition) is 4. The summed E-state index contributed by atoms with van der Waals surface area (Å²) < 4.78 is 0. The molecule has 8 bridgehead atoms. The predicted molar refractivity (Wildman–Crippen MR) is 194 cm³/mol. The Balaban J connectivity index is 1.49. The smallest absolute Gasteiger partial charge is 0.0185 e. The Morgan fingerprint density at radius 2 is 0.762 bits per heavy atom. The zero-order chi connectivity index (χ0) is 28.4. The minimum atomic E-state index is 0.215. The van der Waals surface area contributed by atoms with Crippen LogP contribution in [0.25, 0.3) is 12.2 Å². The first kappa shape index (κ1) is 29.8. The molecule has 2 aliphatic rings. The molecule has 0 spiro atoms. The lowest BCUT2D eigenvalue weighted by atomic mass is 9.79. The molecule has 4 aromatic carbocycles. The highest BCUT2D eigenvalue weighted by molar-refractivity contribution is 8.02. The van der Waals surface area contributed by atoms with Gasteiger partial charge < -0.3 is 0 Å². The first-order valence-corrected chi connectivity index (χ1v) is 19.4. The third kappa shape index (κ3) is 8.44. The van der Waals surface area contributed by atoms with Crippen LogP contribution in [-0.2, 0) is 23.0 Å². The van der Waals surface area contributed by atoms with Gasteiger partial charge >= 0.3 is 0 Å². The van der Waals surface area contributed by atoms with Gasteiger partial charge in [0.25, 0.3) is 0 Å². The summed E-state index contributed by atoms with van der Waals surface area (Å²) in [6, 6.07) is 37.0. The first-order chi connectivity index (χ1) is 20.8. The number of hydrogen-bond donors (Lipinski definition) is 0. The van der Waals surface area contributed by atoms with Crippen molar-refractivity contribution in [1.82, 2.24) is 0 Å². The van der Waals surface area contributed by atoms with Crippen molar-refractivity contribution in [2.75, 3.05) is 23.0 Å². The van der Waals surface area contributed by atoms with E-state index < -0.39 is 0 Å². The Hall–Kier alpha value is -2.24. The summed E-state index contributed by atoms with van der Waals surface area (Å²) in [5.41, 5.74) is 11.0. The zero-order valence-electron chi connectivity index (χ0n) is 24.0. The Kier molecular flexibility index (Phi) is 11.0. The molecule has 4 aromatic rings. The molecule has 42 heavy (non-hydrogen) atoms. The summed E-state index contributed by atoms with van der Waals surface area (Å²) in [7, 11) is 0. The molecule has 2 aliphatic heterocycles. The molecule has 4 heteroatoms. The number of fused-ring (bicyclic) bond motifs is 11. The Morgan fingerprint density at radius 1 is 0.405 bits per heavy atom. The van der Waals surface area contributed by atoms with E-state index in [9.17, 15) is 0 Å². The summed E-state index contributed by atoms with van der Waals surface area (Å²) in [5.74, 6) is 9.43. The maximum atomic E-state index is 2.47. The van der Waals surface area contributed by atoms with Gasteiger partial charge in [0.2, 0.25) is 0 Å². The molecule has 0 saturated carbocycles. The number of thioether (sulfide) groups is 4. The molecule has 2 heterocycles.